The third-order valence-electron chi connectivity index (χ3n) is 1.14. The molecule has 0 aromatic carbocycles. The van der Waals surface area contributed by atoms with Crippen LogP contribution in [0.2, 0.25) is 0 Å². The maximum Gasteiger partial charge on any atom is 0.233 e. The van der Waals surface area contributed by atoms with E-state index in [0.717, 1.165) is 0 Å². The summed E-state index contributed by atoms with van der Waals surface area (Å²) in [6.07, 6.45) is 0.412. The number of Topliss-reactive ketones (excluding diaryl/α,β-unsaturated/α-hetero) is 1. The Labute approximate surface area is 66.4 Å². The highest BCUT2D eigenvalue weighted by molar-refractivity contribution is 5.79. The molecule has 1 amide bonds. The Bertz CT molecular complexity index is 145. The lowest BCUT2D eigenvalue weighted by Crippen LogP contribution is -2.33. The van der Waals surface area contributed by atoms with Crippen LogP contribution in [0.25, 0.3) is 0 Å². The molecule has 0 atom stereocenters. The molecule has 0 aromatic heterocycles. The summed E-state index contributed by atoms with van der Waals surface area (Å²) in [5.74, 6) is 0.0171. The molecule has 4 heteroatoms. The Balaban J connectivity index is 3.24. The molecule has 0 heterocycles. The molecule has 0 aromatic rings. The molecular formula is C7H14N2O2. The quantitative estimate of drug-likeness (QED) is 0.556. The first-order valence-corrected chi connectivity index (χ1v) is 3.57. The van der Waals surface area contributed by atoms with Crippen LogP contribution in [-0.2, 0) is 9.59 Å². The maximum absolute atomic E-state index is 10.7. The smallest absolute Gasteiger partial charge is 0.233 e. The third kappa shape index (κ3) is 6.99. The highest BCUT2D eigenvalue weighted by atomic mass is 16.2. The van der Waals surface area contributed by atoms with Crippen LogP contribution in [0.1, 0.15) is 13.3 Å². The van der Waals surface area contributed by atoms with Crippen molar-refractivity contribution in [2.24, 2.45) is 0 Å². The van der Waals surface area contributed by atoms with Crippen molar-refractivity contribution >= 4 is 11.7 Å². The van der Waals surface area contributed by atoms with Crippen molar-refractivity contribution in [3.05, 3.63) is 0 Å². The average Bonchev–Trinajstić information content (AvgIpc) is 1.87. The lowest BCUT2D eigenvalue weighted by molar-refractivity contribution is -0.120. The molecule has 0 unspecified atom stereocenters. The molecule has 0 saturated heterocycles. The first-order valence-electron chi connectivity index (χ1n) is 3.57. The van der Waals surface area contributed by atoms with E-state index < -0.39 is 0 Å². The van der Waals surface area contributed by atoms with Crippen LogP contribution < -0.4 is 10.6 Å². The fourth-order valence-corrected chi connectivity index (χ4v) is 0.601. The Morgan fingerprint density at radius 1 is 1.36 bits per heavy atom. The minimum absolute atomic E-state index is 0.0752. The number of nitrogens with one attached hydrogen (secondary N) is 2. The van der Waals surface area contributed by atoms with Crippen LogP contribution in [-0.4, -0.2) is 31.8 Å². The van der Waals surface area contributed by atoms with E-state index in [2.05, 4.69) is 10.6 Å². The fraction of sp³-hybridized carbons (Fsp3) is 0.714. The van der Waals surface area contributed by atoms with Gasteiger partial charge in [0.05, 0.1) is 6.54 Å². The number of amides is 1. The lowest BCUT2D eigenvalue weighted by Gasteiger charge is -2.01. The molecule has 11 heavy (non-hydrogen) atoms. The van der Waals surface area contributed by atoms with Crippen molar-refractivity contribution in [3.63, 3.8) is 0 Å². The number of likely N-dealkylation sites (N-methyl/N-ethyl adjacent to an activating group) is 1. The van der Waals surface area contributed by atoms with E-state index in [4.69, 9.17) is 0 Å². The van der Waals surface area contributed by atoms with E-state index in [-0.39, 0.29) is 11.7 Å². The number of rotatable bonds is 5. The van der Waals surface area contributed by atoms with Crippen molar-refractivity contribution in [2.45, 2.75) is 13.3 Å². The Morgan fingerprint density at radius 2 is 2.00 bits per heavy atom. The maximum atomic E-state index is 10.7. The van der Waals surface area contributed by atoms with Gasteiger partial charge in [-0.25, -0.2) is 0 Å². The van der Waals surface area contributed by atoms with Crippen molar-refractivity contribution in [3.8, 4) is 0 Å². The monoisotopic (exact) mass is 158 g/mol. The Hall–Kier alpha value is -0.900. The van der Waals surface area contributed by atoms with Crippen LogP contribution in [0, 0.1) is 0 Å². The van der Waals surface area contributed by atoms with E-state index in [1.54, 1.807) is 7.05 Å². The van der Waals surface area contributed by atoms with Gasteiger partial charge in [0.2, 0.25) is 5.91 Å². The van der Waals surface area contributed by atoms with E-state index in [9.17, 15) is 9.59 Å². The molecule has 0 aliphatic rings. The normalized spacial score (nSPS) is 9.27. The number of hydrogen-bond acceptors (Lipinski definition) is 3. The molecule has 0 bridgehead atoms. The summed E-state index contributed by atoms with van der Waals surface area (Å²) in [5.41, 5.74) is 0. The summed E-state index contributed by atoms with van der Waals surface area (Å²) in [6.45, 7) is 2.25. The van der Waals surface area contributed by atoms with Gasteiger partial charge in [-0.15, -0.1) is 0 Å². The van der Waals surface area contributed by atoms with Crippen LogP contribution in [0.3, 0.4) is 0 Å². The largest absolute Gasteiger partial charge is 0.355 e. The van der Waals surface area contributed by atoms with Crippen molar-refractivity contribution in [1.82, 2.24) is 10.6 Å². The molecule has 0 saturated carbocycles. The predicted molar refractivity (Wildman–Crippen MR) is 42.2 cm³/mol. The van der Waals surface area contributed by atoms with Gasteiger partial charge >= 0.3 is 0 Å². The van der Waals surface area contributed by atoms with E-state index in [0.29, 0.717) is 19.5 Å². The minimum Gasteiger partial charge on any atom is -0.355 e. The SMILES string of the molecule is CNCC(=O)NCCC(C)=O. The Kier molecular flexibility index (Phi) is 5.37. The van der Waals surface area contributed by atoms with Gasteiger partial charge in [0.15, 0.2) is 0 Å². The number of ketones is 1. The fourth-order valence-electron chi connectivity index (χ4n) is 0.601. The van der Waals surface area contributed by atoms with Crippen LogP contribution in [0.15, 0.2) is 0 Å². The van der Waals surface area contributed by atoms with Crippen molar-refractivity contribution in [2.75, 3.05) is 20.1 Å². The minimum atomic E-state index is -0.0752. The zero-order chi connectivity index (χ0) is 8.69. The molecule has 0 spiro atoms. The molecule has 4 nitrogen and oxygen atoms in total. The standard InChI is InChI=1S/C7H14N2O2/c1-6(10)3-4-9-7(11)5-8-2/h8H,3-5H2,1-2H3,(H,9,11). The molecular weight excluding hydrogens is 144 g/mol. The second kappa shape index (κ2) is 5.85. The summed E-state index contributed by atoms with van der Waals surface area (Å²) in [5, 5.41) is 5.30. The molecule has 0 aliphatic heterocycles. The van der Waals surface area contributed by atoms with E-state index in [1.165, 1.54) is 6.92 Å². The predicted octanol–water partition coefficient (Wildman–Crippen LogP) is -0.699. The summed E-state index contributed by atoms with van der Waals surface area (Å²) in [6, 6.07) is 0. The highest BCUT2D eigenvalue weighted by Crippen LogP contribution is 1.77. The molecule has 0 rings (SSSR count). The summed E-state index contributed by atoms with van der Waals surface area (Å²) in [7, 11) is 1.70. The topological polar surface area (TPSA) is 58.2 Å². The second-order valence-electron chi connectivity index (χ2n) is 2.33. The first-order chi connectivity index (χ1) is 5.16. The summed E-state index contributed by atoms with van der Waals surface area (Å²) < 4.78 is 0. The zero-order valence-corrected chi connectivity index (χ0v) is 6.94. The van der Waals surface area contributed by atoms with E-state index >= 15 is 0 Å². The molecule has 0 radical (unpaired) electrons. The van der Waals surface area contributed by atoms with Crippen LogP contribution in [0.4, 0.5) is 0 Å². The van der Waals surface area contributed by atoms with Crippen molar-refractivity contribution in [1.29, 1.82) is 0 Å². The Morgan fingerprint density at radius 3 is 2.45 bits per heavy atom. The van der Waals surface area contributed by atoms with Gasteiger partial charge in [-0.05, 0) is 14.0 Å². The number of hydrogen-bond donors (Lipinski definition) is 2. The van der Waals surface area contributed by atoms with Gasteiger partial charge in [0.1, 0.15) is 5.78 Å². The van der Waals surface area contributed by atoms with E-state index in [1.807, 2.05) is 0 Å². The molecule has 0 fully saturated rings. The average molecular weight is 158 g/mol. The number of carbonyl (C=O) groups is 2. The van der Waals surface area contributed by atoms with Gasteiger partial charge in [-0.2, -0.15) is 0 Å². The lowest BCUT2D eigenvalue weighted by atomic mass is 10.3. The highest BCUT2D eigenvalue weighted by Gasteiger charge is 1.98. The summed E-state index contributed by atoms with van der Waals surface area (Å²) >= 11 is 0. The second-order valence-corrected chi connectivity index (χ2v) is 2.33. The molecule has 2 N–H and O–H groups in total. The van der Waals surface area contributed by atoms with Gasteiger partial charge < -0.3 is 10.6 Å². The van der Waals surface area contributed by atoms with Gasteiger partial charge in [0.25, 0.3) is 0 Å². The zero-order valence-electron chi connectivity index (χ0n) is 6.94. The molecule has 0 aliphatic carbocycles. The number of carbonyl (C=O) groups excluding carboxylic acids is 2. The van der Waals surface area contributed by atoms with Crippen molar-refractivity contribution < 1.29 is 9.59 Å². The van der Waals surface area contributed by atoms with Gasteiger partial charge in [-0.1, -0.05) is 0 Å². The van der Waals surface area contributed by atoms with Gasteiger partial charge in [0, 0.05) is 13.0 Å². The molecule has 64 valence electrons. The summed E-state index contributed by atoms with van der Waals surface area (Å²) in [4.78, 5) is 21.2. The van der Waals surface area contributed by atoms with Crippen LogP contribution in [0.5, 0.6) is 0 Å². The van der Waals surface area contributed by atoms with Crippen LogP contribution >= 0.6 is 0 Å². The first kappa shape index (κ1) is 10.1. The van der Waals surface area contributed by atoms with Gasteiger partial charge in [-0.3, -0.25) is 9.59 Å². The third-order valence-corrected chi connectivity index (χ3v) is 1.14.